The van der Waals surface area contributed by atoms with E-state index in [9.17, 15) is 24.6 Å². The fraction of sp³-hybridized carbons (Fsp3) is 0.176. The van der Waals surface area contributed by atoms with Gasteiger partial charge in [0.05, 0.1) is 11.3 Å². The second-order valence-electron chi connectivity index (χ2n) is 5.23. The number of aromatic amines is 1. The number of nitrogens with one attached hydrogen (secondary N) is 2. The molecule has 2 rings (SSSR count). The smallest absolute Gasteiger partial charge is 0.331 e. The molecular weight excluding hydrogens is 340 g/mol. The molecule has 2 aromatic rings. The monoisotopic (exact) mass is 358 g/mol. The van der Waals surface area contributed by atoms with Gasteiger partial charge in [-0.15, -0.1) is 6.58 Å². The normalized spacial score (nSPS) is 11.2. The molecule has 136 valence electrons. The van der Waals surface area contributed by atoms with Crippen molar-refractivity contribution in [2.45, 2.75) is 19.9 Å². The van der Waals surface area contributed by atoms with Gasteiger partial charge in [-0.2, -0.15) is 5.10 Å². The van der Waals surface area contributed by atoms with Crippen LogP contribution in [0.2, 0.25) is 0 Å². The first-order valence-electron chi connectivity index (χ1n) is 7.72. The first kappa shape index (κ1) is 18.7. The van der Waals surface area contributed by atoms with Crippen LogP contribution in [0, 0.1) is 0 Å². The summed E-state index contributed by atoms with van der Waals surface area (Å²) in [6.07, 6.45) is 1.57. The first-order chi connectivity index (χ1) is 12.4. The molecule has 0 radical (unpaired) electrons. The van der Waals surface area contributed by atoms with Crippen LogP contribution in [0.1, 0.15) is 29.3 Å². The lowest BCUT2D eigenvalue weighted by atomic mass is 10.1. The minimum atomic E-state index is -0.829. The lowest BCUT2D eigenvalue weighted by molar-refractivity contribution is 0.0952. The highest BCUT2D eigenvalue weighted by Gasteiger charge is 2.18. The van der Waals surface area contributed by atoms with Crippen molar-refractivity contribution >= 4 is 11.6 Å². The Morgan fingerprint density at radius 2 is 2.04 bits per heavy atom. The number of phenols is 1. The average molecular weight is 358 g/mol. The van der Waals surface area contributed by atoms with Crippen molar-refractivity contribution in [3.8, 4) is 11.6 Å². The van der Waals surface area contributed by atoms with Crippen LogP contribution < -0.4 is 16.7 Å². The molecule has 0 aliphatic rings. The van der Waals surface area contributed by atoms with Crippen LogP contribution in [0.25, 0.3) is 0 Å². The largest absolute Gasteiger partial charge is 0.507 e. The molecule has 0 aliphatic carbocycles. The summed E-state index contributed by atoms with van der Waals surface area (Å²) in [4.78, 5) is 38.1. The number of hydrazone groups is 1. The maximum absolute atomic E-state index is 12.1. The molecule has 0 saturated carbocycles. The van der Waals surface area contributed by atoms with Crippen molar-refractivity contribution in [2.75, 3.05) is 0 Å². The Bertz CT molecular complexity index is 987. The summed E-state index contributed by atoms with van der Waals surface area (Å²) in [5.74, 6) is -1.49. The third-order valence-corrected chi connectivity index (χ3v) is 3.55. The molecule has 0 spiro atoms. The molecular formula is C17H18N4O5. The van der Waals surface area contributed by atoms with Crippen molar-refractivity contribution < 1.29 is 15.0 Å². The van der Waals surface area contributed by atoms with Crippen LogP contribution in [0.4, 0.5) is 0 Å². The number of allylic oxidation sites excluding steroid dienone is 1. The summed E-state index contributed by atoms with van der Waals surface area (Å²) in [6.45, 7) is 5.12. The van der Waals surface area contributed by atoms with Gasteiger partial charge < -0.3 is 10.2 Å². The Labute approximate surface area is 147 Å². The Hall–Kier alpha value is -3.62. The zero-order valence-electron chi connectivity index (χ0n) is 14.0. The van der Waals surface area contributed by atoms with Crippen LogP contribution in [-0.2, 0) is 6.54 Å². The minimum Gasteiger partial charge on any atom is -0.507 e. The number of H-pyrrole nitrogens is 1. The molecule has 1 amide bonds. The fourth-order valence-electron chi connectivity index (χ4n) is 2.27. The van der Waals surface area contributed by atoms with Gasteiger partial charge in [0.2, 0.25) is 5.88 Å². The number of para-hydroxylation sites is 1. The van der Waals surface area contributed by atoms with E-state index in [1.165, 1.54) is 18.2 Å². The predicted molar refractivity (Wildman–Crippen MR) is 95.6 cm³/mol. The van der Waals surface area contributed by atoms with Crippen LogP contribution in [0.3, 0.4) is 0 Å². The highest BCUT2D eigenvalue weighted by Crippen LogP contribution is 2.16. The van der Waals surface area contributed by atoms with Crippen molar-refractivity contribution in [1.29, 1.82) is 0 Å². The van der Waals surface area contributed by atoms with Crippen LogP contribution >= 0.6 is 0 Å². The van der Waals surface area contributed by atoms with Gasteiger partial charge in [-0.1, -0.05) is 25.1 Å². The van der Waals surface area contributed by atoms with Gasteiger partial charge in [0.1, 0.15) is 11.3 Å². The SMILES string of the molecule is C=CCn1c(O)c(/C(CC)=N/NC(=O)c2ccccc2O)c(=O)[nH]c1=O. The number of aromatic nitrogens is 2. The average Bonchev–Trinajstić information content (AvgIpc) is 2.61. The maximum Gasteiger partial charge on any atom is 0.331 e. The van der Waals surface area contributed by atoms with E-state index in [1.54, 1.807) is 19.1 Å². The van der Waals surface area contributed by atoms with Crippen molar-refractivity contribution in [3.63, 3.8) is 0 Å². The third kappa shape index (κ3) is 3.72. The molecule has 26 heavy (non-hydrogen) atoms. The zero-order chi connectivity index (χ0) is 19.3. The predicted octanol–water partition coefficient (Wildman–Crippen LogP) is 0.678. The molecule has 9 heteroatoms. The number of carbonyl (C=O) groups is 1. The van der Waals surface area contributed by atoms with Crippen LogP contribution in [-0.4, -0.2) is 31.4 Å². The molecule has 0 aliphatic heterocycles. The van der Waals surface area contributed by atoms with E-state index in [-0.39, 0.29) is 35.6 Å². The minimum absolute atomic E-state index is 0.00135. The molecule has 1 aromatic carbocycles. The summed E-state index contributed by atoms with van der Waals surface area (Å²) < 4.78 is 0.916. The Balaban J connectivity index is 2.44. The number of rotatable bonds is 6. The molecule has 1 heterocycles. The molecule has 9 nitrogen and oxygen atoms in total. The molecule has 0 fully saturated rings. The number of carbonyl (C=O) groups excluding carboxylic acids is 1. The molecule has 1 aromatic heterocycles. The Morgan fingerprint density at radius 1 is 1.35 bits per heavy atom. The number of hydrogen-bond acceptors (Lipinski definition) is 6. The lowest BCUT2D eigenvalue weighted by Crippen LogP contribution is -2.34. The third-order valence-electron chi connectivity index (χ3n) is 3.55. The lowest BCUT2D eigenvalue weighted by Gasteiger charge is -2.11. The quantitative estimate of drug-likeness (QED) is 0.342. The van der Waals surface area contributed by atoms with Gasteiger partial charge in [-0.25, -0.2) is 10.2 Å². The van der Waals surface area contributed by atoms with Crippen LogP contribution in [0.5, 0.6) is 11.6 Å². The number of aromatic hydroxyl groups is 2. The second kappa shape index (κ2) is 7.97. The summed E-state index contributed by atoms with van der Waals surface area (Å²) in [6, 6.07) is 5.88. The van der Waals surface area contributed by atoms with Gasteiger partial charge >= 0.3 is 5.69 Å². The van der Waals surface area contributed by atoms with E-state index >= 15 is 0 Å². The summed E-state index contributed by atoms with van der Waals surface area (Å²) in [5.41, 5.74) is 0.444. The molecule has 0 bridgehead atoms. The first-order valence-corrected chi connectivity index (χ1v) is 7.72. The molecule has 0 unspecified atom stereocenters. The Morgan fingerprint density at radius 3 is 2.65 bits per heavy atom. The number of amides is 1. The van der Waals surface area contributed by atoms with E-state index in [0.29, 0.717) is 0 Å². The molecule has 4 N–H and O–H groups in total. The van der Waals surface area contributed by atoms with Crippen molar-refractivity contribution in [1.82, 2.24) is 15.0 Å². The highest BCUT2D eigenvalue weighted by molar-refractivity contribution is 6.03. The number of nitrogens with zero attached hydrogens (tertiary/aromatic N) is 2. The maximum atomic E-state index is 12.1. The zero-order valence-corrected chi connectivity index (χ0v) is 14.0. The summed E-state index contributed by atoms with van der Waals surface area (Å²) in [7, 11) is 0. The van der Waals surface area contributed by atoms with Gasteiger partial charge in [0.15, 0.2) is 0 Å². The van der Waals surface area contributed by atoms with Gasteiger partial charge in [-0.3, -0.25) is 19.1 Å². The van der Waals surface area contributed by atoms with Gasteiger partial charge in [-0.05, 0) is 18.6 Å². The number of benzene rings is 1. The summed E-state index contributed by atoms with van der Waals surface area (Å²) in [5, 5.41) is 23.8. The van der Waals surface area contributed by atoms with Crippen molar-refractivity contribution in [3.05, 3.63) is 68.9 Å². The van der Waals surface area contributed by atoms with E-state index in [0.717, 1.165) is 4.57 Å². The van der Waals surface area contributed by atoms with Crippen LogP contribution in [0.15, 0.2) is 51.6 Å². The number of hydrogen-bond donors (Lipinski definition) is 4. The fourth-order valence-corrected chi connectivity index (χ4v) is 2.27. The Kier molecular flexibility index (Phi) is 5.74. The molecule has 0 atom stereocenters. The van der Waals surface area contributed by atoms with E-state index in [1.807, 2.05) is 0 Å². The van der Waals surface area contributed by atoms with E-state index in [4.69, 9.17) is 0 Å². The standard InChI is InChI=1S/C17H18N4O5/c1-3-9-21-16(25)13(15(24)18-17(21)26)11(4-2)19-20-14(23)10-7-5-6-8-12(10)22/h3,5-8,22,25H,1,4,9H2,2H3,(H,20,23)(H,18,24,26)/b19-11+. The van der Waals surface area contributed by atoms with E-state index < -0.39 is 23.0 Å². The highest BCUT2D eigenvalue weighted by atomic mass is 16.3. The van der Waals surface area contributed by atoms with Crippen molar-refractivity contribution in [2.24, 2.45) is 5.10 Å². The topological polar surface area (TPSA) is 137 Å². The van der Waals surface area contributed by atoms with E-state index in [2.05, 4.69) is 22.1 Å². The summed E-state index contributed by atoms with van der Waals surface area (Å²) >= 11 is 0. The van der Waals surface area contributed by atoms with Gasteiger partial charge in [0, 0.05) is 6.54 Å². The number of phenolic OH excluding ortho intramolecular Hbond substituents is 1. The molecule has 0 saturated heterocycles. The second-order valence-corrected chi connectivity index (χ2v) is 5.23. The van der Waals surface area contributed by atoms with Gasteiger partial charge in [0.25, 0.3) is 11.5 Å².